The van der Waals surface area contributed by atoms with Gasteiger partial charge in [-0.05, 0) is 42.9 Å². The second-order valence-electron chi connectivity index (χ2n) is 5.40. The molecular weight excluding hydrogens is 282 g/mol. The van der Waals surface area contributed by atoms with Crippen molar-refractivity contribution in [2.45, 2.75) is 25.3 Å². The van der Waals surface area contributed by atoms with Gasteiger partial charge in [0.25, 0.3) is 0 Å². The minimum absolute atomic E-state index is 0.0223. The molecule has 0 spiro atoms. The number of fused-ring (bicyclic) bond motifs is 1. The number of para-hydroxylation sites is 1. The fraction of sp³-hybridized carbons (Fsp3) is 0.562. The molecule has 1 amide bonds. The van der Waals surface area contributed by atoms with Crippen LogP contribution in [0.4, 0.5) is 5.69 Å². The van der Waals surface area contributed by atoms with Gasteiger partial charge in [0.1, 0.15) is 0 Å². The normalized spacial score (nSPS) is 14.9. The van der Waals surface area contributed by atoms with Gasteiger partial charge in [-0.3, -0.25) is 4.79 Å². The summed E-state index contributed by atoms with van der Waals surface area (Å²) in [5, 5.41) is 2.94. The number of carbonyl (C=O) groups excluding carboxylic acids is 1. The Bertz CT molecular complexity index is 467. The largest absolute Gasteiger partial charge is 0.371 e. The lowest BCUT2D eigenvalue weighted by molar-refractivity contribution is -0.122. The average Bonchev–Trinajstić information content (AvgIpc) is 2.92. The van der Waals surface area contributed by atoms with E-state index in [-0.39, 0.29) is 11.9 Å². The van der Waals surface area contributed by atoms with Gasteiger partial charge in [-0.2, -0.15) is 11.8 Å². The number of anilines is 1. The van der Waals surface area contributed by atoms with Crippen molar-refractivity contribution in [1.82, 2.24) is 5.32 Å². The predicted molar refractivity (Wildman–Crippen MR) is 91.0 cm³/mol. The summed E-state index contributed by atoms with van der Waals surface area (Å²) in [5.74, 6) is 0.907. The van der Waals surface area contributed by atoms with Crippen LogP contribution >= 0.6 is 11.8 Å². The lowest BCUT2D eigenvalue weighted by Crippen LogP contribution is -2.41. The van der Waals surface area contributed by atoms with Crippen LogP contribution in [0.1, 0.15) is 18.4 Å². The maximum Gasteiger partial charge on any atom is 0.236 e. The third-order valence-electron chi connectivity index (χ3n) is 3.86. The highest BCUT2D eigenvalue weighted by Gasteiger charge is 2.17. The summed E-state index contributed by atoms with van der Waals surface area (Å²) in [6, 6.07) is 8.19. The minimum Gasteiger partial charge on any atom is -0.371 e. The highest BCUT2D eigenvalue weighted by atomic mass is 32.2. The van der Waals surface area contributed by atoms with E-state index in [0.29, 0.717) is 6.54 Å². The number of hydrogen-bond donors (Lipinski definition) is 2. The second-order valence-corrected chi connectivity index (χ2v) is 6.38. The van der Waals surface area contributed by atoms with Crippen LogP contribution in [0.2, 0.25) is 0 Å². The van der Waals surface area contributed by atoms with Gasteiger partial charge in [0.15, 0.2) is 0 Å². The van der Waals surface area contributed by atoms with Gasteiger partial charge in [0, 0.05) is 25.3 Å². The third-order valence-corrected chi connectivity index (χ3v) is 4.50. The molecule has 21 heavy (non-hydrogen) atoms. The highest BCUT2D eigenvalue weighted by Crippen LogP contribution is 2.27. The number of amides is 1. The molecule has 1 atom stereocenters. The Morgan fingerprint density at radius 1 is 1.48 bits per heavy atom. The molecule has 3 N–H and O–H groups in total. The van der Waals surface area contributed by atoms with Crippen molar-refractivity contribution in [2.24, 2.45) is 5.73 Å². The van der Waals surface area contributed by atoms with Crippen LogP contribution in [0.15, 0.2) is 24.3 Å². The zero-order valence-electron chi connectivity index (χ0n) is 12.7. The van der Waals surface area contributed by atoms with E-state index in [4.69, 9.17) is 5.73 Å². The first-order valence-electron chi connectivity index (χ1n) is 7.57. The topological polar surface area (TPSA) is 58.4 Å². The van der Waals surface area contributed by atoms with Gasteiger partial charge in [0.2, 0.25) is 5.91 Å². The van der Waals surface area contributed by atoms with E-state index in [1.807, 2.05) is 6.26 Å². The summed E-state index contributed by atoms with van der Waals surface area (Å²) in [6.07, 6.45) is 4.85. The summed E-state index contributed by atoms with van der Waals surface area (Å²) in [5.41, 5.74) is 8.61. The van der Waals surface area contributed by atoms with Gasteiger partial charge in [-0.25, -0.2) is 0 Å². The van der Waals surface area contributed by atoms with Crippen LogP contribution in [0.25, 0.3) is 0 Å². The summed E-state index contributed by atoms with van der Waals surface area (Å²) in [7, 11) is 0. The highest BCUT2D eigenvalue weighted by molar-refractivity contribution is 7.98. The van der Waals surface area contributed by atoms with E-state index < -0.39 is 0 Å². The van der Waals surface area contributed by atoms with E-state index in [9.17, 15) is 4.79 Å². The number of thioether (sulfide) groups is 1. The van der Waals surface area contributed by atoms with Crippen LogP contribution in [0, 0.1) is 0 Å². The first kappa shape index (κ1) is 16.2. The number of rotatable bonds is 8. The molecule has 1 heterocycles. The zero-order chi connectivity index (χ0) is 15.1. The number of nitrogens with two attached hydrogens (primary N) is 1. The van der Waals surface area contributed by atoms with Crippen molar-refractivity contribution >= 4 is 23.4 Å². The monoisotopic (exact) mass is 307 g/mol. The van der Waals surface area contributed by atoms with Gasteiger partial charge >= 0.3 is 0 Å². The molecule has 0 bridgehead atoms. The average molecular weight is 307 g/mol. The molecular formula is C16H25N3OS. The van der Waals surface area contributed by atoms with E-state index in [1.165, 1.54) is 11.3 Å². The Balaban J connectivity index is 1.66. The summed E-state index contributed by atoms with van der Waals surface area (Å²) < 4.78 is 0. The van der Waals surface area contributed by atoms with Crippen LogP contribution in [-0.2, 0) is 11.2 Å². The molecule has 4 nitrogen and oxygen atoms in total. The quantitative estimate of drug-likeness (QED) is 0.717. The van der Waals surface area contributed by atoms with Gasteiger partial charge in [-0.1, -0.05) is 18.2 Å². The lowest BCUT2D eigenvalue weighted by Gasteiger charge is -2.19. The molecule has 1 aromatic carbocycles. The lowest BCUT2D eigenvalue weighted by atomic mass is 10.2. The number of carbonyl (C=O) groups is 1. The zero-order valence-corrected chi connectivity index (χ0v) is 13.5. The summed E-state index contributed by atoms with van der Waals surface area (Å²) in [6.45, 7) is 2.77. The van der Waals surface area contributed by atoms with Crippen LogP contribution in [0.3, 0.4) is 0 Å². The van der Waals surface area contributed by atoms with Crippen molar-refractivity contribution in [2.75, 3.05) is 36.5 Å². The number of nitrogens with one attached hydrogen (secondary N) is 1. The molecule has 5 heteroatoms. The van der Waals surface area contributed by atoms with Crippen LogP contribution in [0.5, 0.6) is 0 Å². The Hall–Kier alpha value is -1.20. The summed E-state index contributed by atoms with van der Waals surface area (Å²) >= 11 is 1.72. The fourth-order valence-electron chi connectivity index (χ4n) is 2.63. The standard InChI is InChI=1S/C16H25N3OS/c1-21-12-8-14(17)16(20)18-9-4-10-19-11-7-13-5-2-3-6-15(13)19/h2-3,5-6,14H,4,7-12,17H2,1H3,(H,18,20)/t14-/m0/s1. The third kappa shape index (κ3) is 4.64. The van der Waals surface area contributed by atoms with Gasteiger partial charge in [-0.15, -0.1) is 0 Å². The molecule has 1 aliphatic heterocycles. The minimum atomic E-state index is -0.370. The molecule has 0 aromatic heterocycles. The van der Waals surface area contributed by atoms with Crippen molar-refractivity contribution in [3.63, 3.8) is 0 Å². The Morgan fingerprint density at radius 3 is 3.10 bits per heavy atom. The van der Waals surface area contributed by atoms with E-state index >= 15 is 0 Å². The van der Waals surface area contributed by atoms with Crippen LogP contribution < -0.4 is 16.0 Å². The maximum absolute atomic E-state index is 11.8. The SMILES string of the molecule is CSCC[C@H](N)C(=O)NCCCN1CCc2ccccc21. The first-order chi connectivity index (χ1) is 10.2. The van der Waals surface area contributed by atoms with E-state index in [2.05, 4.69) is 34.5 Å². The van der Waals surface area contributed by atoms with Crippen molar-refractivity contribution in [1.29, 1.82) is 0 Å². The Labute approximate surface area is 131 Å². The molecule has 0 aliphatic carbocycles. The number of hydrogen-bond acceptors (Lipinski definition) is 4. The molecule has 1 aliphatic rings. The molecule has 0 saturated carbocycles. The molecule has 0 radical (unpaired) electrons. The molecule has 0 unspecified atom stereocenters. The Morgan fingerprint density at radius 2 is 2.29 bits per heavy atom. The fourth-order valence-corrected chi connectivity index (χ4v) is 3.12. The van der Waals surface area contributed by atoms with E-state index in [0.717, 1.165) is 38.1 Å². The van der Waals surface area contributed by atoms with Gasteiger partial charge < -0.3 is 16.0 Å². The van der Waals surface area contributed by atoms with Crippen molar-refractivity contribution in [3.05, 3.63) is 29.8 Å². The second kappa shape index (κ2) is 8.29. The summed E-state index contributed by atoms with van der Waals surface area (Å²) in [4.78, 5) is 14.2. The maximum atomic E-state index is 11.8. The smallest absolute Gasteiger partial charge is 0.236 e. The Kier molecular flexibility index (Phi) is 6.39. The van der Waals surface area contributed by atoms with E-state index in [1.54, 1.807) is 11.8 Å². The first-order valence-corrected chi connectivity index (χ1v) is 8.97. The molecule has 1 aromatic rings. The van der Waals surface area contributed by atoms with Crippen molar-refractivity contribution < 1.29 is 4.79 Å². The number of nitrogens with zero attached hydrogens (tertiary/aromatic N) is 1. The van der Waals surface area contributed by atoms with Gasteiger partial charge in [0.05, 0.1) is 6.04 Å². The molecule has 116 valence electrons. The van der Waals surface area contributed by atoms with Crippen LogP contribution in [-0.4, -0.2) is 43.6 Å². The van der Waals surface area contributed by atoms with Crippen molar-refractivity contribution in [3.8, 4) is 0 Å². The molecule has 0 saturated heterocycles. The predicted octanol–water partition coefficient (Wildman–Crippen LogP) is 1.64. The molecule has 0 fully saturated rings. The molecule has 2 rings (SSSR count). The number of benzene rings is 1.